The van der Waals surface area contributed by atoms with Crippen molar-refractivity contribution >= 4 is 0 Å². The molecule has 2 aromatic rings. The van der Waals surface area contributed by atoms with E-state index in [9.17, 15) is 0 Å². The SMILES string of the molecule is c1ccn(NCc2ccncc2)c1. The highest BCUT2D eigenvalue weighted by molar-refractivity contribution is 5.11. The number of hydrogen-bond acceptors (Lipinski definition) is 2. The average Bonchev–Trinajstić information content (AvgIpc) is 2.69. The van der Waals surface area contributed by atoms with E-state index in [1.54, 1.807) is 12.4 Å². The Balaban J connectivity index is 1.94. The highest BCUT2D eigenvalue weighted by atomic mass is 15.4. The molecule has 0 atom stereocenters. The number of hydrogen-bond donors (Lipinski definition) is 1. The maximum atomic E-state index is 3.96. The van der Waals surface area contributed by atoms with Gasteiger partial charge < -0.3 is 5.43 Å². The van der Waals surface area contributed by atoms with Crippen molar-refractivity contribution in [1.29, 1.82) is 0 Å². The van der Waals surface area contributed by atoms with Gasteiger partial charge in [-0.25, -0.2) is 0 Å². The normalized spacial score (nSPS) is 9.85. The van der Waals surface area contributed by atoms with Crippen LogP contribution in [0.15, 0.2) is 49.1 Å². The van der Waals surface area contributed by atoms with Crippen LogP contribution in [0.1, 0.15) is 5.56 Å². The second-order valence-electron chi connectivity index (χ2n) is 2.78. The van der Waals surface area contributed by atoms with Crippen LogP contribution < -0.4 is 5.43 Å². The number of nitrogens with zero attached hydrogens (tertiary/aromatic N) is 2. The van der Waals surface area contributed by atoms with Crippen LogP contribution >= 0.6 is 0 Å². The summed E-state index contributed by atoms with van der Waals surface area (Å²) in [7, 11) is 0. The summed E-state index contributed by atoms with van der Waals surface area (Å²) in [6.07, 6.45) is 7.54. The van der Waals surface area contributed by atoms with Gasteiger partial charge in [0.15, 0.2) is 0 Å². The van der Waals surface area contributed by atoms with Gasteiger partial charge in [-0.05, 0) is 29.8 Å². The molecule has 0 aliphatic rings. The van der Waals surface area contributed by atoms with Crippen molar-refractivity contribution in [2.75, 3.05) is 5.43 Å². The predicted molar refractivity (Wildman–Crippen MR) is 51.7 cm³/mol. The monoisotopic (exact) mass is 173 g/mol. The van der Waals surface area contributed by atoms with Crippen LogP contribution in [0.2, 0.25) is 0 Å². The number of rotatable bonds is 3. The fraction of sp³-hybridized carbons (Fsp3) is 0.100. The summed E-state index contributed by atoms with van der Waals surface area (Å²) in [5, 5.41) is 0. The summed E-state index contributed by atoms with van der Waals surface area (Å²) >= 11 is 0. The Bertz CT molecular complexity index is 340. The summed E-state index contributed by atoms with van der Waals surface area (Å²) in [6, 6.07) is 7.96. The fourth-order valence-electron chi connectivity index (χ4n) is 1.12. The highest BCUT2D eigenvalue weighted by Gasteiger charge is 1.89. The molecule has 66 valence electrons. The Morgan fingerprint density at radius 2 is 1.85 bits per heavy atom. The fourth-order valence-corrected chi connectivity index (χ4v) is 1.12. The van der Waals surface area contributed by atoms with Gasteiger partial charge in [-0.3, -0.25) is 9.66 Å². The summed E-state index contributed by atoms with van der Waals surface area (Å²) in [5.74, 6) is 0. The van der Waals surface area contributed by atoms with Gasteiger partial charge in [-0.1, -0.05) is 0 Å². The Labute approximate surface area is 77.0 Å². The maximum Gasteiger partial charge on any atom is 0.0565 e. The third kappa shape index (κ3) is 2.08. The van der Waals surface area contributed by atoms with Gasteiger partial charge in [0.05, 0.1) is 6.54 Å². The van der Waals surface area contributed by atoms with E-state index in [0.29, 0.717) is 0 Å². The molecule has 0 unspecified atom stereocenters. The smallest absolute Gasteiger partial charge is 0.0565 e. The number of aromatic nitrogens is 2. The first-order valence-electron chi connectivity index (χ1n) is 4.21. The molecule has 0 bridgehead atoms. The first kappa shape index (κ1) is 7.86. The third-order valence-electron chi connectivity index (χ3n) is 1.82. The van der Waals surface area contributed by atoms with E-state index in [1.165, 1.54) is 5.56 Å². The molecule has 2 aromatic heterocycles. The molecule has 0 aromatic carbocycles. The zero-order valence-corrected chi connectivity index (χ0v) is 7.22. The zero-order valence-electron chi connectivity index (χ0n) is 7.22. The lowest BCUT2D eigenvalue weighted by Gasteiger charge is -2.06. The first-order chi connectivity index (χ1) is 6.45. The second-order valence-corrected chi connectivity index (χ2v) is 2.78. The van der Waals surface area contributed by atoms with Crippen LogP contribution in [0.25, 0.3) is 0 Å². The molecular formula is C10H11N3. The molecule has 0 fully saturated rings. The van der Waals surface area contributed by atoms with E-state index in [1.807, 2.05) is 41.3 Å². The largest absolute Gasteiger partial charge is 0.322 e. The molecule has 0 aliphatic carbocycles. The minimum atomic E-state index is 0.817. The van der Waals surface area contributed by atoms with Gasteiger partial charge in [-0.15, -0.1) is 0 Å². The molecule has 0 saturated heterocycles. The van der Waals surface area contributed by atoms with Gasteiger partial charge >= 0.3 is 0 Å². The van der Waals surface area contributed by atoms with E-state index >= 15 is 0 Å². The van der Waals surface area contributed by atoms with Gasteiger partial charge in [0, 0.05) is 24.8 Å². The van der Waals surface area contributed by atoms with Crippen molar-refractivity contribution in [2.24, 2.45) is 0 Å². The Kier molecular flexibility index (Phi) is 2.27. The Hall–Kier alpha value is -1.77. The lowest BCUT2D eigenvalue weighted by molar-refractivity contribution is 0.846. The van der Waals surface area contributed by atoms with Crippen molar-refractivity contribution in [2.45, 2.75) is 6.54 Å². The minimum Gasteiger partial charge on any atom is -0.322 e. The first-order valence-corrected chi connectivity index (χ1v) is 4.21. The quantitative estimate of drug-likeness (QED) is 0.764. The minimum absolute atomic E-state index is 0.817. The second kappa shape index (κ2) is 3.76. The molecule has 13 heavy (non-hydrogen) atoms. The van der Waals surface area contributed by atoms with Crippen molar-refractivity contribution in [1.82, 2.24) is 9.66 Å². The Morgan fingerprint density at radius 1 is 1.15 bits per heavy atom. The molecule has 3 nitrogen and oxygen atoms in total. The maximum absolute atomic E-state index is 3.96. The van der Waals surface area contributed by atoms with Crippen molar-refractivity contribution in [3.05, 3.63) is 54.6 Å². The van der Waals surface area contributed by atoms with Crippen LogP contribution in [0, 0.1) is 0 Å². The van der Waals surface area contributed by atoms with Crippen molar-refractivity contribution < 1.29 is 0 Å². The standard InChI is InChI=1S/C10H11N3/c1-2-8-13(7-1)12-9-10-3-5-11-6-4-10/h1-8,12H,9H2. The van der Waals surface area contributed by atoms with Crippen molar-refractivity contribution in [3.8, 4) is 0 Å². The summed E-state index contributed by atoms with van der Waals surface area (Å²) in [5.41, 5.74) is 4.46. The van der Waals surface area contributed by atoms with Crippen LogP contribution in [0.4, 0.5) is 0 Å². The van der Waals surface area contributed by atoms with Gasteiger partial charge in [0.25, 0.3) is 0 Å². The molecule has 1 N–H and O–H groups in total. The van der Waals surface area contributed by atoms with Crippen LogP contribution in [-0.2, 0) is 6.54 Å². The summed E-state index contributed by atoms with van der Waals surface area (Å²) in [4.78, 5) is 3.96. The summed E-state index contributed by atoms with van der Waals surface area (Å²) < 4.78 is 1.93. The van der Waals surface area contributed by atoms with E-state index in [0.717, 1.165) is 6.54 Å². The zero-order chi connectivity index (χ0) is 8.93. The van der Waals surface area contributed by atoms with E-state index in [-0.39, 0.29) is 0 Å². The van der Waals surface area contributed by atoms with Gasteiger partial charge in [0.2, 0.25) is 0 Å². The molecule has 2 rings (SSSR count). The average molecular weight is 173 g/mol. The molecule has 0 saturated carbocycles. The van der Waals surface area contributed by atoms with Crippen LogP contribution in [0.5, 0.6) is 0 Å². The third-order valence-corrected chi connectivity index (χ3v) is 1.82. The molecule has 0 aliphatic heterocycles. The molecule has 0 amide bonds. The lowest BCUT2D eigenvalue weighted by Crippen LogP contribution is -2.11. The molecule has 2 heterocycles. The number of pyridine rings is 1. The van der Waals surface area contributed by atoms with E-state index in [4.69, 9.17) is 0 Å². The van der Waals surface area contributed by atoms with Crippen LogP contribution in [-0.4, -0.2) is 9.66 Å². The van der Waals surface area contributed by atoms with Gasteiger partial charge in [-0.2, -0.15) is 0 Å². The highest BCUT2D eigenvalue weighted by Crippen LogP contribution is 1.96. The molecule has 3 heteroatoms. The molecule has 0 spiro atoms. The molecule has 0 radical (unpaired) electrons. The van der Waals surface area contributed by atoms with Gasteiger partial charge in [0.1, 0.15) is 0 Å². The van der Waals surface area contributed by atoms with E-state index < -0.39 is 0 Å². The van der Waals surface area contributed by atoms with E-state index in [2.05, 4.69) is 10.4 Å². The lowest BCUT2D eigenvalue weighted by atomic mass is 10.3. The van der Waals surface area contributed by atoms with Crippen LogP contribution in [0.3, 0.4) is 0 Å². The predicted octanol–water partition coefficient (Wildman–Crippen LogP) is 1.63. The topological polar surface area (TPSA) is 29.9 Å². The number of nitrogens with one attached hydrogen (secondary N) is 1. The Morgan fingerprint density at radius 3 is 2.54 bits per heavy atom. The van der Waals surface area contributed by atoms with Crippen molar-refractivity contribution in [3.63, 3.8) is 0 Å². The molecular weight excluding hydrogens is 162 g/mol. The summed E-state index contributed by atoms with van der Waals surface area (Å²) in [6.45, 7) is 0.817.